The molecule has 0 radical (unpaired) electrons. The second-order valence-electron chi connectivity index (χ2n) is 7.81. The van der Waals surface area contributed by atoms with Crippen LogP contribution in [0, 0.1) is 10.8 Å². The van der Waals surface area contributed by atoms with Crippen LogP contribution in [0.3, 0.4) is 0 Å². The van der Waals surface area contributed by atoms with Gasteiger partial charge >= 0.3 is 6.09 Å². The van der Waals surface area contributed by atoms with Crippen LogP contribution in [0.2, 0.25) is 0 Å². The Morgan fingerprint density at radius 3 is 2.35 bits per heavy atom. The van der Waals surface area contributed by atoms with Crippen molar-refractivity contribution in [2.24, 2.45) is 10.8 Å². The molecule has 2 unspecified atom stereocenters. The molecule has 1 aliphatic heterocycles. The Hall–Kier alpha value is -0.810. The standard InChI is InChI=1S/C15H27NO4/c1-12(2,3)20-11(18)16-15(6-7-19-10-15)14(9-17)8-13(14,4)5/h17H,6-10H2,1-5H3,(H,16,18). The molecule has 1 aliphatic carbocycles. The third kappa shape index (κ3) is 2.42. The largest absolute Gasteiger partial charge is 0.444 e. The second kappa shape index (κ2) is 4.60. The van der Waals surface area contributed by atoms with Gasteiger partial charge in [-0.3, -0.25) is 0 Å². The molecule has 0 aromatic heterocycles. The summed E-state index contributed by atoms with van der Waals surface area (Å²) >= 11 is 0. The molecule has 1 amide bonds. The van der Waals surface area contributed by atoms with Crippen LogP contribution in [0.15, 0.2) is 0 Å². The molecular formula is C15H27NO4. The van der Waals surface area contributed by atoms with E-state index in [-0.39, 0.29) is 17.4 Å². The number of ether oxygens (including phenoxy) is 2. The minimum atomic E-state index is -0.532. The van der Waals surface area contributed by atoms with Crippen LogP contribution in [0.1, 0.15) is 47.5 Å². The van der Waals surface area contributed by atoms with Gasteiger partial charge < -0.3 is 19.9 Å². The van der Waals surface area contributed by atoms with E-state index in [4.69, 9.17) is 9.47 Å². The number of hydrogen-bond acceptors (Lipinski definition) is 4. The van der Waals surface area contributed by atoms with E-state index in [9.17, 15) is 9.90 Å². The summed E-state index contributed by atoms with van der Waals surface area (Å²) in [5, 5.41) is 12.9. The first-order chi connectivity index (χ1) is 9.08. The van der Waals surface area contributed by atoms with Crippen molar-refractivity contribution in [3.63, 3.8) is 0 Å². The molecule has 0 spiro atoms. The Kier molecular flexibility index (Phi) is 3.58. The maximum atomic E-state index is 12.2. The molecule has 2 rings (SSSR count). The lowest BCUT2D eigenvalue weighted by molar-refractivity contribution is 0.0208. The van der Waals surface area contributed by atoms with Crippen LogP contribution in [-0.4, -0.2) is 42.2 Å². The van der Waals surface area contributed by atoms with Gasteiger partial charge in [-0.25, -0.2) is 4.79 Å². The van der Waals surface area contributed by atoms with Gasteiger partial charge in [-0.1, -0.05) is 13.8 Å². The molecule has 2 N–H and O–H groups in total. The SMILES string of the molecule is CC(C)(C)OC(=O)NC1(C2(CO)CC2(C)C)CCOC1. The van der Waals surface area contributed by atoms with E-state index in [0.29, 0.717) is 13.2 Å². The number of hydrogen-bond donors (Lipinski definition) is 2. The van der Waals surface area contributed by atoms with Gasteiger partial charge in [0.05, 0.1) is 18.8 Å². The topological polar surface area (TPSA) is 67.8 Å². The van der Waals surface area contributed by atoms with Crippen molar-refractivity contribution in [1.82, 2.24) is 5.32 Å². The van der Waals surface area contributed by atoms with Crippen LogP contribution in [-0.2, 0) is 9.47 Å². The van der Waals surface area contributed by atoms with Crippen LogP contribution >= 0.6 is 0 Å². The summed E-state index contributed by atoms with van der Waals surface area (Å²) in [7, 11) is 0. The summed E-state index contributed by atoms with van der Waals surface area (Å²) in [5.41, 5.74) is -1.36. The van der Waals surface area contributed by atoms with Crippen LogP contribution in [0.4, 0.5) is 4.79 Å². The maximum absolute atomic E-state index is 12.2. The number of carbonyl (C=O) groups excluding carboxylic acids is 1. The zero-order chi connectivity index (χ0) is 15.2. The molecular weight excluding hydrogens is 258 g/mol. The van der Waals surface area contributed by atoms with Gasteiger partial charge in [0.2, 0.25) is 0 Å². The highest BCUT2D eigenvalue weighted by molar-refractivity contribution is 5.69. The van der Waals surface area contributed by atoms with Crippen molar-refractivity contribution in [2.45, 2.75) is 58.6 Å². The van der Waals surface area contributed by atoms with Crippen molar-refractivity contribution in [3.05, 3.63) is 0 Å². The predicted molar refractivity (Wildman–Crippen MR) is 75.5 cm³/mol. The highest BCUT2D eigenvalue weighted by atomic mass is 16.6. The summed E-state index contributed by atoms with van der Waals surface area (Å²) in [6.07, 6.45) is 1.17. The number of amides is 1. The number of carbonyl (C=O) groups is 1. The molecule has 5 nitrogen and oxygen atoms in total. The number of aliphatic hydroxyl groups excluding tert-OH is 1. The first-order valence-electron chi connectivity index (χ1n) is 7.27. The molecule has 2 atom stereocenters. The Labute approximate surface area is 121 Å². The fraction of sp³-hybridized carbons (Fsp3) is 0.933. The first kappa shape index (κ1) is 15.6. The molecule has 0 aromatic rings. The van der Waals surface area contributed by atoms with Gasteiger partial charge in [-0.2, -0.15) is 0 Å². The molecule has 5 heteroatoms. The molecule has 2 aliphatic rings. The Morgan fingerprint density at radius 1 is 1.40 bits per heavy atom. The first-order valence-corrected chi connectivity index (χ1v) is 7.27. The number of alkyl carbamates (subject to hydrolysis) is 1. The summed E-state index contributed by atoms with van der Waals surface area (Å²) in [4.78, 5) is 12.2. The van der Waals surface area contributed by atoms with E-state index in [1.807, 2.05) is 20.8 Å². The molecule has 0 aromatic carbocycles. The predicted octanol–water partition coefficient (Wildman–Crippen LogP) is 2.08. The van der Waals surface area contributed by atoms with E-state index in [1.165, 1.54) is 0 Å². The lowest BCUT2D eigenvalue weighted by Crippen LogP contribution is -2.59. The van der Waals surface area contributed by atoms with Gasteiger partial charge in [0.1, 0.15) is 5.60 Å². The Bertz CT molecular complexity index is 393. The van der Waals surface area contributed by atoms with Crippen LogP contribution < -0.4 is 5.32 Å². The minimum Gasteiger partial charge on any atom is -0.444 e. The van der Waals surface area contributed by atoms with Gasteiger partial charge in [-0.05, 0) is 39.0 Å². The van der Waals surface area contributed by atoms with Crippen molar-refractivity contribution in [3.8, 4) is 0 Å². The number of nitrogens with one attached hydrogen (secondary N) is 1. The van der Waals surface area contributed by atoms with Crippen molar-refractivity contribution < 1.29 is 19.4 Å². The molecule has 2 fully saturated rings. The molecule has 116 valence electrons. The highest BCUT2D eigenvalue weighted by Crippen LogP contribution is 2.69. The van der Waals surface area contributed by atoms with Crippen LogP contribution in [0.5, 0.6) is 0 Å². The molecule has 20 heavy (non-hydrogen) atoms. The second-order valence-corrected chi connectivity index (χ2v) is 7.81. The monoisotopic (exact) mass is 285 g/mol. The lowest BCUT2D eigenvalue weighted by atomic mass is 9.75. The van der Waals surface area contributed by atoms with Gasteiger partial charge in [0.15, 0.2) is 0 Å². The van der Waals surface area contributed by atoms with E-state index >= 15 is 0 Å². The minimum absolute atomic E-state index is 0.00443. The summed E-state index contributed by atoms with van der Waals surface area (Å²) in [6.45, 7) is 10.9. The summed E-state index contributed by atoms with van der Waals surface area (Å²) < 4.78 is 10.9. The Balaban J connectivity index is 2.18. The van der Waals surface area contributed by atoms with E-state index < -0.39 is 17.2 Å². The quantitative estimate of drug-likeness (QED) is 0.833. The normalized spacial score (nSPS) is 35.7. The Morgan fingerprint density at radius 2 is 2.00 bits per heavy atom. The third-order valence-electron chi connectivity index (χ3n) is 4.86. The van der Waals surface area contributed by atoms with Gasteiger partial charge in [0.25, 0.3) is 0 Å². The molecule has 1 saturated carbocycles. The molecule has 0 bridgehead atoms. The summed E-state index contributed by atoms with van der Waals surface area (Å²) in [6, 6.07) is 0. The average Bonchev–Trinajstić information content (AvgIpc) is 2.66. The average molecular weight is 285 g/mol. The van der Waals surface area contributed by atoms with E-state index in [0.717, 1.165) is 12.8 Å². The molecule has 1 heterocycles. The fourth-order valence-electron chi connectivity index (χ4n) is 3.61. The van der Waals surface area contributed by atoms with E-state index in [1.54, 1.807) is 0 Å². The zero-order valence-electron chi connectivity index (χ0n) is 13.2. The highest BCUT2D eigenvalue weighted by Gasteiger charge is 2.72. The van der Waals surface area contributed by atoms with Gasteiger partial charge in [0, 0.05) is 12.0 Å². The van der Waals surface area contributed by atoms with Crippen molar-refractivity contribution in [2.75, 3.05) is 19.8 Å². The number of rotatable bonds is 3. The smallest absolute Gasteiger partial charge is 0.408 e. The van der Waals surface area contributed by atoms with Crippen molar-refractivity contribution >= 4 is 6.09 Å². The summed E-state index contributed by atoms with van der Waals surface area (Å²) in [5.74, 6) is 0. The maximum Gasteiger partial charge on any atom is 0.408 e. The lowest BCUT2D eigenvalue weighted by Gasteiger charge is -2.39. The van der Waals surface area contributed by atoms with Crippen molar-refractivity contribution in [1.29, 1.82) is 0 Å². The van der Waals surface area contributed by atoms with Gasteiger partial charge in [-0.15, -0.1) is 0 Å². The molecule has 1 saturated heterocycles. The number of aliphatic hydroxyl groups is 1. The van der Waals surface area contributed by atoms with E-state index in [2.05, 4.69) is 19.2 Å². The third-order valence-corrected chi connectivity index (χ3v) is 4.86. The fourth-order valence-corrected chi connectivity index (χ4v) is 3.61. The van der Waals surface area contributed by atoms with Crippen LogP contribution in [0.25, 0.3) is 0 Å². The zero-order valence-corrected chi connectivity index (χ0v) is 13.2.